The molecule has 1 N–H and O–H groups in total. The van der Waals surface area contributed by atoms with Crippen molar-refractivity contribution in [3.63, 3.8) is 0 Å². The third kappa shape index (κ3) is 5.61. The molecule has 8 nitrogen and oxygen atoms in total. The number of rotatable bonds is 7. The Morgan fingerprint density at radius 1 is 1.04 bits per heavy atom. The molecule has 0 unspecified atom stereocenters. The van der Waals surface area contributed by atoms with E-state index in [0.717, 1.165) is 19.3 Å². The van der Waals surface area contributed by atoms with E-state index >= 15 is 0 Å². The molecule has 1 aromatic rings. The summed E-state index contributed by atoms with van der Waals surface area (Å²) >= 11 is 0. The summed E-state index contributed by atoms with van der Waals surface area (Å²) in [6.07, 6.45) is 2.99. The minimum absolute atomic E-state index is 0.137. The molecule has 2 amide bonds. The number of nitrogens with one attached hydrogen (secondary N) is 1. The first kappa shape index (κ1) is 21.5. The fraction of sp³-hybridized carbons (Fsp3) is 0.550. The van der Waals surface area contributed by atoms with Gasteiger partial charge >= 0.3 is 5.97 Å². The molecule has 0 saturated carbocycles. The van der Waals surface area contributed by atoms with Crippen molar-refractivity contribution in [3.8, 4) is 11.5 Å². The van der Waals surface area contributed by atoms with E-state index < -0.39 is 11.9 Å². The summed E-state index contributed by atoms with van der Waals surface area (Å²) < 4.78 is 15.3. The zero-order valence-corrected chi connectivity index (χ0v) is 16.8. The van der Waals surface area contributed by atoms with Crippen LogP contribution in [0.4, 0.5) is 0 Å². The summed E-state index contributed by atoms with van der Waals surface area (Å²) in [7, 11) is 2.96. The monoisotopic (exact) mass is 392 g/mol. The molecule has 1 heterocycles. The van der Waals surface area contributed by atoms with Crippen LogP contribution in [0.3, 0.4) is 0 Å². The highest BCUT2D eigenvalue weighted by molar-refractivity contribution is 5.96. The predicted molar refractivity (Wildman–Crippen MR) is 102 cm³/mol. The normalized spacial score (nSPS) is 18.9. The van der Waals surface area contributed by atoms with Crippen LogP contribution in [0.5, 0.6) is 11.5 Å². The quantitative estimate of drug-likeness (QED) is 0.711. The van der Waals surface area contributed by atoms with Gasteiger partial charge in [-0.1, -0.05) is 0 Å². The highest BCUT2D eigenvalue weighted by Crippen LogP contribution is 2.23. The van der Waals surface area contributed by atoms with Gasteiger partial charge in [-0.15, -0.1) is 0 Å². The molecule has 0 bridgehead atoms. The molecule has 8 heteroatoms. The molecule has 0 aromatic heterocycles. The Balaban J connectivity index is 1.83. The van der Waals surface area contributed by atoms with E-state index in [9.17, 15) is 14.4 Å². The highest BCUT2D eigenvalue weighted by Gasteiger charge is 2.29. The average Bonchev–Trinajstić information content (AvgIpc) is 2.69. The number of nitrogens with zero attached hydrogens (tertiary/aromatic N) is 1. The second-order valence-corrected chi connectivity index (χ2v) is 6.87. The maximum atomic E-state index is 12.4. The fourth-order valence-corrected chi connectivity index (χ4v) is 3.37. The summed E-state index contributed by atoms with van der Waals surface area (Å²) in [5.41, 5.74) is 0.288. The van der Waals surface area contributed by atoms with Crippen molar-refractivity contribution in [1.29, 1.82) is 0 Å². The number of amides is 2. The smallest absolute Gasteiger partial charge is 0.325 e. The summed E-state index contributed by atoms with van der Waals surface area (Å²) in [4.78, 5) is 38.3. The third-order valence-corrected chi connectivity index (χ3v) is 4.85. The van der Waals surface area contributed by atoms with Crippen molar-refractivity contribution in [2.75, 3.05) is 27.4 Å². The first-order valence-corrected chi connectivity index (χ1v) is 9.33. The van der Waals surface area contributed by atoms with E-state index in [-0.39, 0.29) is 36.7 Å². The number of methoxy groups -OCH3 is 2. The molecule has 0 aliphatic carbocycles. The van der Waals surface area contributed by atoms with E-state index in [4.69, 9.17) is 14.2 Å². The van der Waals surface area contributed by atoms with Crippen molar-refractivity contribution in [2.45, 2.75) is 45.2 Å². The fourth-order valence-electron chi connectivity index (χ4n) is 3.37. The minimum atomic E-state index is -0.672. The van der Waals surface area contributed by atoms with Crippen LogP contribution in [0.15, 0.2) is 18.2 Å². The van der Waals surface area contributed by atoms with Crippen LogP contribution in [-0.2, 0) is 14.3 Å². The van der Waals surface area contributed by atoms with Crippen LogP contribution < -0.4 is 14.8 Å². The zero-order valence-electron chi connectivity index (χ0n) is 16.8. The van der Waals surface area contributed by atoms with Gasteiger partial charge in [-0.2, -0.15) is 0 Å². The van der Waals surface area contributed by atoms with Crippen molar-refractivity contribution >= 4 is 17.8 Å². The Morgan fingerprint density at radius 3 is 2.14 bits per heavy atom. The third-order valence-electron chi connectivity index (χ3n) is 4.85. The van der Waals surface area contributed by atoms with Gasteiger partial charge in [-0.25, -0.2) is 0 Å². The summed E-state index contributed by atoms with van der Waals surface area (Å²) in [6, 6.07) is 4.98. The second-order valence-electron chi connectivity index (χ2n) is 6.87. The molecule has 28 heavy (non-hydrogen) atoms. The minimum Gasteiger partial charge on any atom is -0.497 e. The lowest BCUT2D eigenvalue weighted by Gasteiger charge is -2.38. The van der Waals surface area contributed by atoms with E-state index in [2.05, 4.69) is 5.32 Å². The highest BCUT2D eigenvalue weighted by atomic mass is 16.5. The van der Waals surface area contributed by atoms with Gasteiger partial charge in [0, 0.05) is 23.7 Å². The lowest BCUT2D eigenvalue weighted by molar-refractivity contribution is -0.154. The summed E-state index contributed by atoms with van der Waals surface area (Å²) in [5, 5.41) is 2.47. The standard InChI is InChI=1S/C20H28N2O6/c1-13-6-5-7-14(2)22(13)18(23)12-28-19(24)11-21-20(25)15-8-16(26-3)10-17(9-15)27-4/h8-10,13-14H,5-7,11-12H2,1-4H3,(H,21,25)/t13-,14+. The molecule has 1 aromatic carbocycles. The average molecular weight is 392 g/mol. The zero-order chi connectivity index (χ0) is 20.7. The molecular formula is C20H28N2O6. The number of hydrogen-bond acceptors (Lipinski definition) is 6. The second kappa shape index (κ2) is 9.96. The number of esters is 1. The van der Waals surface area contributed by atoms with Crippen LogP contribution in [-0.4, -0.2) is 62.1 Å². The molecule has 1 saturated heterocycles. The van der Waals surface area contributed by atoms with Gasteiger partial charge in [0.15, 0.2) is 6.61 Å². The number of ether oxygens (including phenoxy) is 3. The van der Waals surface area contributed by atoms with Gasteiger partial charge in [0.2, 0.25) is 0 Å². The van der Waals surface area contributed by atoms with Crippen molar-refractivity contribution in [2.24, 2.45) is 0 Å². The first-order valence-electron chi connectivity index (χ1n) is 9.33. The van der Waals surface area contributed by atoms with Gasteiger partial charge in [-0.05, 0) is 45.2 Å². The van der Waals surface area contributed by atoms with E-state index in [1.807, 2.05) is 13.8 Å². The largest absolute Gasteiger partial charge is 0.497 e. The molecule has 2 atom stereocenters. The van der Waals surface area contributed by atoms with Gasteiger partial charge in [0.05, 0.1) is 14.2 Å². The Hall–Kier alpha value is -2.77. The van der Waals surface area contributed by atoms with Crippen LogP contribution in [0.2, 0.25) is 0 Å². The molecule has 1 aliphatic rings. The molecule has 2 rings (SSSR count). The number of carbonyl (C=O) groups is 3. The number of piperidine rings is 1. The van der Waals surface area contributed by atoms with Crippen LogP contribution in [0.25, 0.3) is 0 Å². The lowest BCUT2D eigenvalue weighted by Crippen LogP contribution is -2.49. The number of hydrogen-bond donors (Lipinski definition) is 1. The van der Waals surface area contributed by atoms with E-state index in [1.54, 1.807) is 11.0 Å². The first-order chi connectivity index (χ1) is 13.3. The number of benzene rings is 1. The van der Waals surface area contributed by atoms with Gasteiger partial charge < -0.3 is 24.4 Å². The Bertz CT molecular complexity index is 688. The van der Waals surface area contributed by atoms with Crippen molar-refractivity contribution < 1.29 is 28.6 Å². The van der Waals surface area contributed by atoms with Gasteiger partial charge in [0.25, 0.3) is 11.8 Å². The summed E-state index contributed by atoms with van der Waals surface area (Å²) in [5.74, 6) is -0.436. The maximum absolute atomic E-state index is 12.4. The SMILES string of the molecule is COc1cc(OC)cc(C(=O)NCC(=O)OCC(=O)N2[C@H](C)CCC[C@@H]2C)c1. The number of carbonyl (C=O) groups excluding carboxylic acids is 3. The molecule has 1 aliphatic heterocycles. The van der Waals surface area contributed by atoms with Crippen LogP contribution >= 0.6 is 0 Å². The van der Waals surface area contributed by atoms with Gasteiger partial charge in [-0.3, -0.25) is 14.4 Å². The van der Waals surface area contributed by atoms with Crippen molar-refractivity contribution in [3.05, 3.63) is 23.8 Å². The van der Waals surface area contributed by atoms with Gasteiger partial charge in [0.1, 0.15) is 18.0 Å². The Kier molecular flexibility index (Phi) is 7.66. The maximum Gasteiger partial charge on any atom is 0.325 e. The molecular weight excluding hydrogens is 364 g/mol. The van der Waals surface area contributed by atoms with Crippen LogP contribution in [0.1, 0.15) is 43.5 Å². The topological polar surface area (TPSA) is 94.2 Å². The van der Waals surface area contributed by atoms with E-state index in [0.29, 0.717) is 11.5 Å². The lowest BCUT2D eigenvalue weighted by atomic mass is 9.97. The van der Waals surface area contributed by atoms with Crippen molar-refractivity contribution in [1.82, 2.24) is 10.2 Å². The molecule has 1 fully saturated rings. The Morgan fingerprint density at radius 2 is 1.61 bits per heavy atom. The summed E-state index contributed by atoms with van der Waals surface area (Å²) in [6.45, 7) is 3.34. The van der Waals surface area contributed by atoms with E-state index in [1.165, 1.54) is 26.4 Å². The Labute approximate surface area is 165 Å². The molecule has 0 spiro atoms. The molecule has 154 valence electrons. The predicted octanol–water partition coefficient (Wildman–Crippen LogP) is 1.77. The molecule has 0 radical (unpaired) electrons. The number of likely N-dealkylation sites (tertiary alicyclic amines) is 1. The van der Waals surface area contributed by atoms with Crippen LogP contribution in [0, 0.1) is 0 Å².